The molecule has 0 aliphatic heterocycles. The Hall–Kier alpha value is -1.61. The molecule has 0 aromatic heterocycles. The molecule has 1 rings (SSSR count). The van der Waals surface area contributed by atoms with E-state index in [1.165, 1.54) is 6.08 Å². The first kappa shape index (κ1) is 13.5. The molecule has 0 aliphatic rings. The summed E-state index contributed by atoms with van der Waals surface area (Å²) in [4.78, 5) is 11.3. The second-order valence-corrected chi connectivity index (χ2v) is 3.76. The maximum absolute atomic E-state index is 11.3. The van der Waals surface area contributed by atoms with E-state index in [9.17, 15) is 4.79 Å². The van der Waals surface area contributed by atoms with E-state index in [1.54, 1.807) is 6.08 Å². The summed E-state index contributed by atoms with van der Waals surface area (Å²) in [5.41, 5.74) is 6.36. The number of esters is 1. The molecule has 0 heterocycles. The van der Waals surface area contributed by atoms with Crippen LogP contribution in [0.1, 0.15) is 24.8 Å². The summed E-state index contributed by atoms with van der Waals surface area (Å²) in [6, 6.07) is 9.67. The van der Waals surface area contributed by atoms with E-state index in [2.05, 4.69) is 0 Å². The van der Waals surface area contributed by atoms with Gasteiger partial charge in [0, 0.05) is 6.08 Å². The van der Waals surface area contributed by atoms with Crippen molar-refractivity contribution in [1.29, 1.82) is 0 Å². The van der Waals surface area contributed by atoms with Gasteiger partial charge in [0.1, 0.15) is 0 Å². The third kappa shape index (κ3) is 6.53. The standard InChI is InChI=1S/C14H19NO2/c15-11-5-2-6-12-17-14(16)10-9-13-7-3-1-4-8-13/h1,3-4,7-10H,2,5-6,11-12,15H2. The molecule has 2 N–H and O–H groups in total. The Morgan fingerprint density at radius 1 is 1.18 bits per heavy atom. The van der Waals surface area contributed by atoms with Crippen molar-refractivity contribution in [3.05, 3.63) is 42.0 Å². The first-order valence-corrected chi connectivity index (χ1v) is 5.93. The van der Waals surface area contributed by atoms with Gasteiger partial charge in [-0.15, -0.1) is 0 Å². The van der Waals surface area contributed by atoms with E-state index in [-0.39, 0.29) is 5.97 Å². The van der Waals surface area contributed by atoms with E-state index < -0.39 is 0 Å². The molecule has 0 unspecified atom stereocenters. The minimum absolute atomic E-state index is 0.290. The minimum Gasteiger partial charge on any atom is -0.463 e. The molecule has 0 saturated heterocycles. The fourth-order valence-corrected chi connectivity index (χ4v) is 1.37. The highest BCUT2D eigenvalue weighted by Crippen LogP contribution is 2.01. The molecule has 1 aromatic rings. The highest BCUT2D eigenvalue weighted by atomic mass is 16.5. The van der Waals surface area contributed by atoms with Crippen LogP contribution in [-0.2, 0) is 9.53 Å². The fraction of sp³-hybridized carbons (Fsp3) is 0.357. The monoisotopic (exact) mass is 233 g/mol. The Bertz CT molecular complexity index is 346. The van der Waals surface area contributed by atoms with Crippen molar-refractivity contribution < 1.29 is 9.53 Å². The van der Waals surface area contributed by atoms with Crippen molar-refractivity contribution in [3.8, 4) is 0 Å². The lowest BCUT2D eigenvalue weighted by molar-refractivity contribution is -0.137. The molecule has 0 amide bonds. The number of carbonyl (C=O) groups is 1. The van der Waals surface area contributed by atoms with Gasteiger partial charge in [0.2, 0.25) is 0 Å². The lowest BCUT2D eigenvalue weighted by Crippen LogP contribution is -2.03. The number of hydrogen-bond donors (Lipinski definition) is 1. The van der Waals surface area contributed by atoms with Crippen molar-refractivity contribution in [2.75, 3.05) is 13.2 Å². The lowest BCUT2D eigenvalue weighted by atomic mass is 10.2. The summed E-state index contributed by atoms with van der Waals surface area (Å²) in [6.07, 6.45) is 6.08. The van der Waals surface area contributed by atoms with Crippen molar-refractivity contribution in [2.24, 2.45) is 5.73 Å². The fourth-order valence-electron chi connectivity index (χ4n) is 1.37. The van der Waals surface area contributed by atoms with Gasteiger partial charge in [0.15, 0.2) is 0 Å². The van der Waals surface area contributed by atoms with Gasteiger partial charge in [-0.25, -0.2) is 4.79 Å². The summed E-state index contributed by atoms with van der Waals surface area (Å²) < 4.78 is 5.04. The van der Waals surface area contributed by atoms with Crippen LogP contribution in [0.4, 0.5) is 0 Å². The maximum atomic E-state index is 11.3. The molecule has 3 heteroatoms. The molecule has 92 valence electrons. The third-order valence-corrected chi connectivity index (χ3v) is 2.30. The third-order valence-electron chi connectivity index (χ3n) is 2.30. The topological polar surface area (TPSA) is 52.3 Å². The Kier molecular flexibility index (Phi) is 6.75. The molecule has 0 radical (unpaired) electrons. The molecule has 0 bridgehead atoms. The molecular formula is C14H19NO2. The zero-order chi connectivity index (χ0) is 12.3. The van der Waals surface area contributed by atoms with Gasteiger partial charge >= 0.3 is 5.97 Å². The van der Waals surface area contributed by atoms with Crippen LogP contribution in [0.3, 0.4) is 0 Å². The summed E-state index contributed by atoms with van der Waals surface area (Å²) in [6.45, 7) is 1.17. The summed E-state index contributed by atoms with van der Waals surface area (Å²) in [5.74, 6) is -0.290. The van der Waals surface area contributed by atoms with E-state index >= 15 is 0 Å². The van der Waals surface area contributed by atoms with Crippen LogP contribution < -0.4 is 5.73 Å². The van der Waals surface area contributed by atoms with Crippen LogP contribution in [0.15, 0.2) is 36.4 Å². The molecule has 0 fully saturated rings. The Morgan fingerprint density at radius 3 is 2.65 bits per heavy atom. The van der Waals surface area contributed by atoms with Crippen molar-refractivity contribution in [1.82, 2.24) is 0 Å². The molecule has 17 heavy (non-hydrogen) atoms. The van der Waals surface area contributed by atoms with Crippen LogP contribution in [0, 0.1) is 0 Å². The smallest absolute Gasteiger partial charge is 0.330 e. The van der Waals surface area contributed by atoms with Crippen LogP contribution in [0.5, 0.6) is 0 Å². The van der Waals surface area contributed by atoms with Gasteiger partial charge in [0.25, 0.3) is 0 Å². The second-order valence-electron chi connectivity index (χ2n) is 3.76. The highest BCUT2D eigenvalue weighted by Gasteiger charge is 1.96. The highest BCUT2D eigenvalue weighted by molar-refractivity contribution is 5.86. The van der Waals surface area contributed by atoms with Gasteiger partial charge in [0.05, 0.1) is 6.61 Å². The second kappa shape index (κ2) is 8.53. The molecule has 1 aromatic carbocycles. The van der Waals surface area contributed by atoms with E-state index in [4.69, 9.17) is 10.5 Å². The van der Waals surface area contributed by atoms with Gasteiger partial charge in [-0.1, -0.05) is 30.3 Å². The molecule has 0 atom stereocenters. The number of unbranched alkanes of at least 4 members (excludes halogenated alkanes) is 2. The van der Waals surface area contributed by atoms with Crippen LogP contribution in [-0.4, -0.2) is 19.1 Å². The number of rotatable bonds is 7. The first-order valence-electron chi connectivity index (χ1n) is 5.93. The predicted octanol–water partition coefficient (Wildman–Crippen LogP) is 2.37. The number of benzene rings is 1. The number of ether oxygens (including phenoxy) is 1. The summed E-state index contributed by atoms with van der Waals surface area (Å²) >= 11 is 0. The molecule has 0 spiro atoms. The number of nitrogens with two attached hydrogens (primary N) is 1. The molecular weight excluding hydrogens is 214 g/mol. The van der Waals surface area contributed by atoms with Crippen LogP contribution in [0.25, 0.3) is 6.08 Å². The summed E-state index contributed by atoms with van der Waals surface area (Å²) in [5, 5.41) is 0. The van der Waals surface area contributed by atoms with Gasteiger partial charge in [-0.2, -0.15) is 0 Å². The Morgan fingerprint density at radius 2 is 1.94 bits per heavy atom. The SMILES string of the molecule is NCCCCCOC(=O)C=Cc1ccccc1. The quantitative estimate of drug-likeness (QED) is 0.447. The Balaban J connectivity index is 2.19. The Labute approximate surface area is 102 Å². The van der Waals surface area contributed by atoms with E-state index in [0.29, 0.717) is 13.2 Å². The van der Waals surface area contributed by atoms with Gasteiger partial charge in [-0.3, -0.25) is 0 Å². The van der Waals surface area contributed by atoms with Crippen molar-refractivity contribution in [3.63, 3.8) is 0 Å². The van der Waals surface area contributed by atoms with E-state index in [1.807, 2.05) is 30.3 Å². The van der Waals surface area contributed by atoms with Gasteiger partial charge < -0.3 is 10.5 Å². The maximum Gasteiger partial charge on any atom is 0.330 e. The van der Waals surface area contributed by atoms with Crippen molar-refractivity contribution >= 4 is 12.0 Å². The first-order chi connectivity index (χ1) is 8.33. The average molecular weight is 233 g/mol. The van der Waals surface area contributed by atoms with Gasteiger partial charge in [-0.05, 0) is 37.4 Å². The number of hydrogen-bond acceptors (Lipinski definition) is 3. The predicted molar refractivity (Wildman–Crippen MR) is 69.3 cm³/mol. The minimum atomic E-state index is -0.290. The molecule has 0 aliphatic carbocycles. The van der Waals surface area contributed by atoms with Crippen LogP contribution in [0.2, 0.25) is 0 Å². The van der Waals surface area contributed by atoms with Crippen LogP contribution >= 0.6 is 0 Å². The molecule has 3 nitrogen and oxygen atoms in total. The van der Waals surface area contributed by atoms with E-state index in [0.717, 1.165) is 24.8 Å². The average Bonchev–Trinajstić information content (AvgIpc) is 2.37. The zero-order valence-corrected chi connectivity index (χ0v) is 9.97. The lowest BCUT2D eigenvalue weighted by Gasteiger charge is -2.00. The summed E-state index contributed by atoms with van der Waals surface area (Å²) in [7, 11) is 0. The normalized spacial score (nSPS) is 10.6. The largest absolute Gasteiger partial charge is 0.463 e. The van der Waals surface area contributed by atoms with Crippen molar-refractivity contribution in [2.45, 2.75) is 19.3 Å². The molecule has 0 saturated carbocycles. The number of carbonyl (C=O) groups excluding carboxylic acids is 1. The zero-order valence-electron chi connectivity index (χ0n) is 9.97.